The monoisotopic (exact) mass is 231 g/mol. The van der Waals surface area contributed by atoms with E-state index in [2.05, 4.69) is 34.5 Å². The summed E-state index contributed by atoms with van der Waals surface area (Å²) in [5.74, 6) is 1.38. The highest BCUT2D eigenvalue weighted by molar-refractivity contribution is 5.55. The molecular formula is C13H17N3O. The minimum Gasteiger partial charge on any atom is -0.339 e. The standard InChI is InChI=1S/C13H17N3O/c1-10-5-3-6-11(9-10)13-15-12(17-16-13)7-4-8-14-2/h3,5-6,9,14H,4,7-8H2,1-2H3. The maximum Gasteiger partial charge on any atom is 0.227 e. The molecule has 0 aliphatic carbocycles. The van der Waals surface area contributed by atoms with Crippen molar-refractivity contribution in [2.24, 2.45) is 0 Å². The van der Waals surface area contributed by atoms with Gasteiger partial charge in [-0.2, -0.15) is 4.98 Å². The largest absolute Gasteiger partial charge is 0.339 e. The summed E-state index contributed by atoms with van der Waals surface area (Å²) in [6.45, 7) is 3.01. The van der Waals surface area contributed by atoms with E-state index in [0.29, 0.717) is 11.7 Å². The second-order valence-corrected chi connectivity index (χ2v) is 4.09. The third kappa shape index (κ3) is 3.14. The van der Waals surface area contributed by atoms with E-state index in [0.717, 1.165) is 24.9 Å². The molecule has 0 amide bonds. The van der Waals surface area contributed by atoms with Gasteiger partial charge < -0.3 is 9.84 Å². The highest BCUT2D eigenvalue weighted by Crippen LogP contribution is 2.17. The number of hydrogen-bond donors (Lipinski definition) is 1. The van der Waals surface area contributed by atoms with Gasteiger partial charge in [0.2, 0.25) is 11.7 Å². The van der Waals surface area contributed by atoms with Crippen LogP contribution in [0.25, 0.3) is 11.4 Å². The molecule has 0 saturated carbocycles. The molecule has 0 atom stereocenters. The summed E-state index contributed by atoms with van der Waals surface area (Å²) in [6, 6.07) is 8.11. The lowest BCUT2D eigenvalue weighted by molar-refractivity contribution is 0.375. The van der Waals surface area contributed by atoms with Crippen LogP contribution in [0.15, 0.2) is 28.8 Å². The van der Waals surface area contributed by atoms with E-state index < -0.39 is 0 Å². The Morgan fingerprint density at radius 2 is 2.24 bits per heavy atom. The topological polar surface area (TPSA) is 51.0 Å². The van der Waals surface area contributed by atoms with E-state index in [1.807, 2.05) is 19.2 Å². The van der Waals surface area contributed by atoms with Gasteiger partial charge in [-0.25, -0.2) is 0 Å². The first-order chi connectivity index (χ1) is 8.29. The molecular weight excluding hydrogens is 214 g/mol. The lowest BCUT2D eigenvalue weighted by atomic mass is 10.1. The van der Waals surface area contributed by atoms with Crippen LogP contribution in [-0.2, 0) is 6.42 Å². The maximum atomic E-state index is 5.22. The summed E-state index contributed by atoms with van der Waals surface area (Å²) in [7, 11) is 1.94. The van der Waals surface area contributed by atoms with E-state index >= 15 is 0 Å². The number of nitrogens with zero attached hydrogens (tertiary/aromatic N) is 2. The summed E-state index contributed by atoms with van der Waals surface area (Å²) in [4.78, 5) is 4.39. The lowest BCUT2D eigenvalue weighted by Gasteiger charge is -1.95. The highest BCUT2D eigenvalue weighted by Gasteiger charge is 2.07. The summed E-state index contributed by atoms with van der Waals surface area (Å²) in [6.07, 6.45) is 1.83. The number of aromatic nitrogens is 2. The predicted molar refractivity (Wildman–Crippen MR) is 66.7 cm³/mol. The predicted octanol–water partition coefficient (Wildman–Crippen LogP) is 2.20. The van der Waals surface area contributed by atoms with Crippen LogP contribution in [-0.4, -0.2) is 23.7 Å². The average molecular weight is 231 g/mol. The van der Waals surface area contributed by atoms with Crippen molar-refractivity contribution in [3.05, 3.63) is 35.7 Å². The molecule has 0 saturated heterocycles. The SMILES string of the molecule is CNCCCc1nc(-c2cccc(C)c2)no1. The molecule has 0 unspecified atom stereocenters. The second-order valence-electron chi connectivity index (χ2n) is 4.09. The minimum absolute atomic E-state index is 0.674. The van der Waals surface area contributed by atoms with Crippen LogP contribution in [0.2, 0.25) is 0 Å². The first kappa shape index (κ1) is 11.8. The fraction of sp³-hybridized carbons (Fsp3) is 0.385. The van der Waals surface area contributed by atoms with Crippen LogP contribution in [0.1, 0.15) is 17.9 Å². The van der Waals surface area contributed by atoms with Gasteiger partial charge >= 0.3 is 0 Å². The minimum atomic E-state index is 0.674. The molecule has 2 rings (SSSR count). The van der Waals surface area contributed by atoms with Gasteiger partial charge in [0.25, 0.3) is 0 Å². The molecule has 0 radical (unpaired) electrons. The number of benzene rings is 1. The molecule has 0 fully saturated rings. The van der Waals surface area contributed by atoms with Gasteiger partial charge in [-0.3, -0.25) is 0 Å². The molecule has 1 heterocycles. The Morgan fingerprint density at radius 3 is 3.00 bits per heavy atom. The van der Waals surface area contributed by atoms with Crippen molar-refractivity contribution in [2.75, 3.05) is 13.6 Å². The smallest absolute Gasteiger partial charge is 0.227 e. The number of hydrogen-bond acceptors (Lipinski definition) is 4. The first-order valence-electron chi connectivity index (χ1n) is 5.84. The third-order valence-electron chi connectivity index (χ3n) is 2.56. The zero-order valence-electron chi connectivity index (χ0n) is 10.2. The second kappa shape index (κ2) is 5.59. The molecule has 1 aromatic carbocycles. The van der Waals surface area contributed by atoms with E-state index in [4.69, 9.17) is 4.52 Å². The fourth-order valence-corrected chi connectivity index (χ4v) is 1.67. The van der Waals surface area contributed by atoms with Crippen LogP contribution in [0.4, 0.5) is 0 Å². The molecule has 2 aromatic rings. The van der Waals surface area contributed by atoms with Crippen LogP contribution in [0.3, 0.4) is 0 Å². The molecule has 0 aliphatic rings. The van der Waals surface area contributed by atoms with Gasteiger partial charge in [0.1, 0.15) is 0 Å². The number of rotatable bonds is 5. The van der Waals surface area contributed by atoms with Crippen molar-refractivity contribution in [1.29, 1.82) is 0 Å². The summed E-state index contributed by atoms with van der Waals surface area (Å²) in [5, 5.41) is 7.09. The molecule has 4 nitrogen and oxygen atoms in total. The normalized spacial score (nSPS) is 10.7. The van der Waals surface area contributed by atoms with Crippen molar-refractivity contribution in [2.45, 2.75) is 19.8 Å². The van der Waals surface area contributed by atoms with Crippen molar-refractivity contribution < 1.29 is 4.52 Å². The van der Waals surface area contributed by atoms with E-state index in [1.165, 1.54) is 5.56 Å². The van der Waals surface area contributed by atoms with Crippen LogP contribution >= 0.6 is 0 Å². The summed E-state index contributed by atoms with van der Waals surface area (Å²) in [5.41, 5.74) is 2.21. The molecule has 90 valence electrons. The molecule has 4 heteroatoms. The van der Waals surface area contributed by atoms with Crippen molar-refractivity contribution in [3.63, 3.8) is 0 Å². The van der Waals surface area contributed by atoms with Gasteiger partial charge in [-0.1, -0.05) is 28.9 Å². The molecule has 0 spiro atoms. The quantitative estimate of drug-likeness (QED) is 0.801. The zero-order chi connectivity index (χ0) is 12.1. The molecule has 0 bridgehead atoms. The van der Waals surface area contributed by atoms with Crippen molar-refractivity contribution >= 4 is 0 Å². The van der Waals surface area contributed by atoms with Crippen LogP contribution < -0.4 is 5.32 Å². The highest BCUT2D eigenvalue weighted by atomic mass is 16.5. The Balaban J connectivity index is 2.07. The average Bonchev–Trinajstić information content (AvgIpc) is 2.78. The fourth-order valence-electron chi connectivity index (χ4n) is 1.67. The lowest BCUT2D eigenvalue weighted by Crippen LogP contribution is -2.08. The Morgan fingerprint density at radius 1 is 1.35 bits per heavy atom. The maximum absolute atomic E-state index is 5.22. The van der Waals surface area contributed by atoms with Gasteiger partial charge in [0, 0.05) is 12.0 Å². The van der Waals surface area contributed by atoms with Gasteiger partial charge in [0.05, 0.1) is 0 Å². The molecule has 0 aliphatic heterocycles. The molecule has 17 heavy (non-hydrogen) atoms. The summed E-state index contributed by atoms with van der Waals surface area (Å²) >= 11 is 0. The Kier molecular flexibility index (Phi) is 3.88. The Labute approximate surface area is 101 Å². The van der Waals surface area contributed by atoms with Gasteiger partial charge in [-0.15, -0.1) is 0 Å². The Bertz CT molecular complexity index is 479. The van der Waals surface area contributed by atoms with Gasteiger partial charge in [0.15, 0.2) is 0 Å². The van der Waals surface area contributed by atoms with Gasteiger partial charge in [-0.05, 0) is 33.0 Å². The van der Waals surface area contributed by atoms with Crippen molar-refractivity contribution in [1.82, 2.24) is 15.5 Å². The van der Waals surface area contributed by atoms with E-state index in [9.17, 15) is 0 Å². The molecule has 1 aromatic heterocycles. The number of aryl methyl sites for hydroxylation is 2. The molecule has 1 N–H and O–H groups in total. The van der Waals surface area contributed by atoms with E-state index in [1.54, 1.807) is 0 Å². The van der Waals surface area contributed by atoms with Crippen LogP contribution in [0.5, 0.6) is 0 Å². The summed E-state index contributed by atoms with van der Waals surface area (Å²) < 4.78 is 5.22. The van der Waals surface area contributed by atoms with Crippen molar-refractivity contribution in [3.8, 4) is 11.4 Å². The van der Waals surface area contributed by atoms with E-state index in [-0.39, 0.29) is 0 Å². The Hall–Kier alpha value is -1.68. The zero-order valence-corrected chi connectivity index (χ0v) is 10.2. The number of nitrogens with one attached hydrogen (secondary N) is 1. The first-order valence-corrected chi connectivity index (χ1v) is 5.84. The third-order valence-corrected chi connectivity index (χ3v) is 2.56. The van der Waals surface area contributed by atoms with Crippen LogP contribution in [0, 0.1) is 6.92 Å².